The number of benzene rings is 1. The molecule has 1 heterocycles. The summed E-state index contributed by atoms with van der Waals surface area (Å²) < 4.78 is 26.2. The van der Waals surface area contributed by atoms with E-state index in [1.54, 1.807) is 0 Å². The number of halogens is 2. The minimum atomic E-state index is -1.21. The number of rotatable bonds is 3. The molecule has 0 saturated carbocycles. The molecule has 114 valence electrons. The van der Waals surface area contributed by atoms with E-state index < -0.39 is 35.8 Å². The average molecular weight is 300 g/mol. The first-order chi connectivity index (χ1) is 9.88. The lowest BCUT2D eigenvalue weighted by molar-refractivity contribution is -0.141. The van der Waals surface area contributed by atoms with Crippen molar-refractivity contribution in [2.45, 2.75) is 25.1 Å². The molecule has 1 aliphatic heterocycles. The van der Waals surface area contributed by atoms with Crippen LogP contribution in [0.1, 0.15) is 12.0 Å². The van der Waals surface area contributed by atoms with E-state index >= 15 is 0 Å². The number of nitrogens with one attached hydrogen (secondary N) is 1. The number of aliphatic hydroxyl groups excluding tert-OH is 1. The molecule has 0 unspecified atom stereocenters. The average Bonchev–Trinajstić information content (AvgIpc) is 2.80. The predicted octanol–water partition coefficient (Wildman–Crippen LogP) is 0.694. The van der Waals surface area contributed by atoms with Crippen LogP contribution in [0, 0.1) is 11.6 Å². The third-order valence-corrected chi connectivity index (χ3v) is 3.27. The molecule has 1 aromatic carbocycles. The van der Waals surface area contributed by atoms with Gasteiger partial charge in [-0.25, -0.2) is 18.4 Å². The molecule has 1 aliphatic rings. The molecule has 2 rings (SSSR count). The quantitative estimate of drug-likeness (QED) is 0.766. The van der Waals surface area contributed by atoms with Crippen molar-refractivity contribution >= 4 is 12.0 Å². The third-order valence-electron chi connectivity index (χ3n) is 3.27. The number of carboxylic acid groups (broad SMARTS) is 1. The fraction of sp³-hybridized carbons (Fsp3) is 0.385. The Hall–Kier alpha value is -2.22. The summed E-state index contributed by atoms with van der Waals surface area (Å²) in [6.07, 6.45) is -0.951. The van der Waals surface area contributed by atoms with Gasteiger partial charge in [-0.2, -0.15) is 0 Å². The Bertz CT molecular complexity index is 567. The van der Waals surface area contributed by atoms with Crippen LogP contribution in [0.5, 0.6) is 0 Å². The molecule has 0 spiro atoms. The highest BCUT2D eigenvalue weighted by atomic mass is 19.1. The van der Waals surface area contributed by atoms with Crippen LogP contribution in [0.2, 0.25) is 0 Å². The molecule has 1 saturated heterocycles. The van der Waals surface area contributed by atoms with Gasteiger partial charge in [0.2, 0.25) is 0 Å². The normalized spacial score (nSPS) is 21.4. The summed E-state index contributed by atoms with van der Waals surface area (Å²) in [6.45, 7) is -0.307. The summed E-state index contributed by atoms with van der Waals surface area (Å²) in [5, 5.41) is 20.8. The van der Waals surface area contributed by atoms with Gasteiger partial charge in [0, 0.05) is 31.1 Å². The zero-order valence-electron chi connectivity index (χ0n) is 10.9. The SMILES string of the molecule is O=C(O)[C@H]1C[C@@H](O)CN1C(=O)NCc1ccc(F)cc1F. The number of aliphatic carboxylic acids is 1. The molecule has 1 aromatic rings. The maximum atomic E-state index is 13.4. The number of carbonyl (C=O) groups is 2. The molecule has 1 fully saturated rings. The third kappa shape index (κ3) is 3.46. The predicted molar refractivity (Wildman–Crippen MR) is 67.3 cm³/mol. The fourth-order valence-electron chi connectivity index (χ4n) is 2.21. The molecule has 3 N–H and O–H groups in total. The Morgan fingerprint density at radius 2 is 2.10 bits per heavy atom. The molecule has 8 heteroatoms. The second-order valence-corrected chi connectivity index (χ2v) is 4.79. The Balaban J connectivity index is 1.99. The van der Waals surface area contributed by atoms with E-state index in [0.717, 1.165) is 11.0 Å². The van der Waals surface area contributed by atoms with Gasteiger partial charge in [-0.3, -0.25) is 0 Å². The van der Waals surface area contributed by atoms with E-state index in [4.69, 9.17) is 5.11 Å². The summed E-state index contributed by atoms with van der Waals surface area (Å²) in [7, 11) is 0. The lowest BCUT2D eigenvalue weighted by atomic mass is 10.2. The van der Waals surface area contributed by atoms with Crippen molar-refractivity contribution in [2.75, 3.05) is 6.54 Å². The Morgan fingerprint density at radius 1 is 1.38 bits per heavy atom. The van der Waals surface area contributed by atoms with Gasteiger partial charge < -0.3 is 20.4 Å². The molecule has 2 amide bonds. The molecule has 2 atom stereocenters. The summed E-state index contributed by atoms with van der Waals surface area (Å²) in [5.41, 5.74) is 0.0800. The molecule has 0 aromatic heterocycles. The second-order valence-electron chi connectivity index (χ2n) is 4.79. The molecular formula is C13H14F2N2O4. The van der Waals surface area contributed by atoms with Gasteiger partial charge in [0.25, 0.3) is 0 Å². The molecule has 0 aliphatic carbocycles. The monoisotopic (exact) mass is 300 g/mol. The van der Waals surface area contributed by atoms with Crippen LogP contribution in [0.4, 0.5) is 13.6 Å². The smallest absolute Gasteiger partial charge is 0.326 e. The van der Waals surface area contributed by atoms with Gasteiger partial charge in [-0.15, -0.1) is 0 Å². The van der Waals surface area contributed by atoms with Crippen molar-refractivity contribution in [3.8, 4) is 0 Å². The van der Waals surface area contributed by atoms with Crippen molar-refractivity contribution < 1.29 is 28.6 Å². The molecule has 6 nitrogen and oxygen atoms in total. The standard InChI is InChI=1S/C13H14F2N2O4/c14-8-2-1-7(10(15)3-8)5-16-13(21)17-6-9(18)4-11(17)12(19)20/h1-3,9,11,18H,4-6H2,(H,16,21)(H,19,20)/t9-,11-/m1/s1. The zero-order chi connectivity index (χ0) is 15.6. The first-order valence-corrected chi connectivity index (χ1v) is 6.27. The lowest BCUT2D eigenvalue weighted by Gasteiger charge is -2.21. The van der Waals surface area contributed by atoms with E-state index in [2.05, 4.69) is 5.32 Å². The van der Waals surface area contributed by atoms with E-state index in [1.807, 2.05) is 0 Å². The van der Waals surface area contributed by atoms with Gasteiger partial charge in [-0.05, 0) is 6.07 Å². The topological polar surface area (TPSA) is 89.9 Å². The van der Waals surface area contributed by atoms with Crippen molar-refractivity contribution in [1.29, 1.82) is 0 Å². The lowest BCUT2D eigenvalue weighted by Crippen LogP contribution is -2.46. The number of hydrogen-bond donors (Lipinski definition) is 3. The van der Waals surface area contributed by atoms with E-state index in [9.17, 15) is 23.5 Å². The first-order valence-electron chi connectivity index (χ1n) is 6.27. The van der Waals surface area contributed by atoms with Gasteiger partial charge >= 0.3 is 12.0 Å². The largest absolute Gasteiger partial charge is 0.480 e. The fourth-order valence-corrected chi connectivity index (χ4v) is 2.21. The van der Waals surface area contributed by atoms with Crippen LogP contribution in [0.3, 0.4) is 0 Å². The Labute approximate surface area is 119 Å². The van der Waals surface area contributed by atoms with Crippen molar-refractivity contribution in [3.63, 3.8) is 0 Å². The molecular weight excluding hydrogens is 286 g/mol. The number of carbonyl (C=O) groups excluding carboxylic acids is 1. The molecule has 0 bridgehead atoms. The maximum absolute atomic E-state index is 13.4. The second kappa shape index (κ2) is 6.04. The maximum Gasteiger partial charge on any atom is 0.326 e. The zero-order valence-corrected chi connectivity index (χ0v) is 10.9. The van der Waals surface area contributed by atoms with Crippen LogP contribution in [-0.4, -0.2) is 45.8 Å². The minimum Gasteiger partial charge on any atom is -0.480 e. The van der Waals surface area contributed by atoms with E-state index in [0.29, 0.717) is 6.07 Å². The number of carboxylic acids is 1. The molecule has 21 heavy (non-hydrogen) atoms. The number of likely N-dealkylation sites (tertiary alicyclic amines) is 1. The number of aliphatic hydroxyl groups is 1. The highest BCUT2D eigenvalue weighted by molar-refractivity contribution is 5.83. The highest BCUT2D eigenvalue weighted by Gasteiger charge is 2.38. The van der Waals surface area contributed by atoms with Gasteiger partial charge in [-0.1, -0.05) is 6.07 Å². The number of hydrogen-bond acceptors (Lipinski definition) is 3. The van der Waals surface area contributed by atoms with Crippen molar-refractivity contribution in [1.82, 2.24) is 10.2 Å². The van der Waals surface area contributed by atoms with Crippen molar-refractivity contribution in [3.05, 3.63) is 35.4 Å². The van der Waals surface area contributed by atoms with Gasteiger partial charge in [0.05, 0.1) is 6.10 Å². The van der Waals surface area contributed by atoms with Crippen LogP contribution in [-0.2, 0) is 11.3 Å². The Morgan fingerprint density at radius 3 is 2.71 bits per heavy atom. The van der Waals surface area contributed by atoms with Crippen molar-refractivity contribution in [2.24, 2.45) is 0 Å². The number of nitrogens with zero attached hydrogens (tertiary/aromatic N) is 1. The summed E-state index contributed by atoms with van der Waals surface area (Å²) in [4.78, 5) is 23.9. The van der Waals surface area contributed by atoms with Crippen LogP contribution >= 0.6 is 0 Å². The van der Waals surface area contributed by atoms with Crippen LogP contribution in [0.25, 0.3) is 0 Å². The number of urea groups is 1. The first kappa shape index (κ1) is 15.2. The van der Waals surface area contributed by atoms with E-state index in [1.165, 1.54) is 6.07 Å². The summed E-state index contributed by atoms with van der Waals surface area (Å²) in [6, 6.07) is 1.12. The number of β-amino-alcohol motifs (C(OH)–C–C–N with tert-alkyl or cyclic N) is 1. The van der Waals surface area contributed by atoms with Gasteiger partial charge in [0.1, 0.15) is 17.7 Å². The van der Waals surface area contributed by atoms with Gasteiger partial charge in [0.15, 0.2) is 0 Å². The highest BCUT2D eigenvalue weighted by Crippen LogP contribution is 2.18. The summed E-state index contributed by atoms with van der Waals surface area (Å²) in [5.74, 6) is -2.74. The van der Waals surface area contributed by atoms with Crippen LogP contribution < -0.4 is 5.32 Å². The van der Waals surface area contributed by atoms with E-state index in [-0.39, 0.29) is 25.1 Å². The number of amides is 2. The van der Waals surface area contributed by atoms with Crippen LogP contribution in [0.15, 0.2) is 18.2 Å². The minimum absolute atomic E-state index is 0.0480. The Kier molecular flexibility index (Phi) is 4.37. The molecule has 0 radical (unpaired) electrons. The summed E-state index contributed by atoms with van der Waals surface area (Å²) >= 11 is 0.